The maximum absolute atomic E-state index is 5.95. The molecule has 20 heavy (non-hydrogen) atoms. The van der Waals surface area contributed by atoms with E-state index in [0.29, 0.717) is 0 Å². The summed E-state index contributed by atoms with van der Waals surface area (Å²) in [7, 11) is 8.11. The quantitative estimate of drug-likeness (QED) is 0.434. The maximum atomic E-state index is 5.95. The number of nitrogens with zero attached hydrogens (tertiary/aromatic N) is 3. The number of guanidine groups is 1. The Balaban J connectivity index is 0.00000200. The number of rotatable bonds is 3. The first-order valence-electron chi connectivity index (χ1n) is 6.60. The minimum absolute atomic E-state index is 0. The summed E-state index contributed by atoms with van der Waals surface area (Å²) in [5.74, 6) is 1.01. The van der Waals surface area contributed by atoms with Crippen molar-refractivity contribution < 1.29 is 0 Å². The van der Waals surface area contributed by atoms with Gasteiger partial charge < -0.3 is 9.80 Å². The summed E-state index contributed by atoms with van der Waals surface area (Å²) < 4.78 is 0. The first-order chi connectivity index (χ1) is 8.94. The SMILES string of the molecule is CN(C)C(=NCC1(c2ccc(Cl)cc2)CC1)N(C)C.I. The molecule has 0 amide bonds. The van der Waals surface area contributed by atoms with Crippen molar-refractivity contribution in [2.75, 3.05) is 34.7 Å². The van der Waals surface area contributed by atoms with Crippen LogP contribution >= 0.6 is 35.6 Å². The molecule has 0 N–H and O–H groups in total. The Morgan fingerprint density at radius 2 is 1.60 bits per heavy atom. The summed E-state index contributed by atoms with van der Waals surface area (Å²) in [4.78, 5) is 8.90. The molecule has 3 nitrogen and oxygen atoms in total. The van der Waals surface area contributed by atoms with Gasteiger partial charge in [-0.05, 0) is 30.5 Å². The highest BCUT2D eigenvalue weighted by molar-refractivity contribution is 14.0. The van der Waals surface area contributed by atoms with Crippen LogP contribution in [0.3, 0.4) is 0 Å². The van der Waals surface area contributed by atoms with Crippen LogP contribution in [0.25, 0.3) is 0 Å². The second-order valence-electron chi connectivity index (χ2n) is 5.69. The minimum Gasteiger partial charge on any atom is -0.349 e. The molecule has 0 atom stereocenters. The van der Waals surface area contributed by atoms with Crippen molar-refractivity contribution in [3.63, 3.8) is 0 Å². The summed E-state index contributed by atoms with van der Waals surface area (Å²) in [6.07, 6.45) is 2.43. The molecule has 2 rings (SSSR count). The van der Waals surface area contributed by atoms with Gasteiger partial charge in [0.1, 0.15) is 0 Å². The zero-order chi connectivity index (χ0) is 14.0. The van der Waals surface area contributed by atoms with E-state index in [-0.39, 0.29) is 29.4 Å². The lowest BCUT2D eigenvalue weighted by molar-refractivity contribution is 0.476. The molecule has 0 aliphatic heterocycles. The van der Waals surface area contributed by atoms with Gasteiger partial charge in [-0.25, -0.2) is 0 Å². The first-order valence-corrected chi connectivity index (χ1v) is 6.97. The lowest BCUT2D eigenvalue weighted by Gasteiger charge is -2.24. The van der Waals surface area contributed by atoms with Crippen molar-refractivity contribution in [1.29, 1.82) is 0 Å². The Morgan fingerprint density at radius 1 is 1.10 bits per heavy atom. The number of halogens is 2. The van der Waals surface area contributed by atoms with E-state index in [9.17, 15) is 0 Å². The van der Waals surface area contributed by atoms with E-state index >= 15 is 0 Å². The molecule has 1 aromatic rings. The van der Waals surface area contributed by atoms with Gasteiger partial charge in [0.05, 0.1) is 6.54 Å². The Hall–Kier alpha value is -0.490. The zero-order valence-electron chi connectivity index (χ0n) is 12.6. The van der Waals surface area contributed by atoms with E-state index in [1.807, 2.05) is 40.3 Å². The van der Waals surface area contributed by atoms with Crippen LogP contribution in [0.2, 0.25) is 5.02 Å². The van der Waals surface area contributed by atoms with E-state index in [1.54, 1.807) is 0 Å². The van der Waals surface area contributed by atoms with Gasteiger partial charge in [-0.1, -0.05) is 23.7 Å². The molecule has 0 aromatic heterocycles. The third kappa shape index (κ3) is 4.01. The molecule has 112 valence electrons. The topological polar surface area (TPSA) is 18.8 Å². The van der Waals surface area contributed by atoms with Crippen LogP contribution < -0.4 is 0 Å². The van der Waals surface area contributed by atoms with E-state index < -0.39 is 0 Å². The fourth-order valence-corrected chi connectivity index (χ4v) is 2.52. The second-order valence-corrected chi connectivity index (χ2v) is 6.13. The molecular formula is C15H23ClIN3. The van der Waals surface area contributed by atoms with Crippen molar-refractivity contribution in [3.8, 4) is 0 Å². The number of hydrogen-bond donors (Lipinski definition) is 0. The van der Waals surface area contributed by atoms with Gasteiger partial charge in [0.15, 0.2) is 5.96 Å². The summed E-state index contributed by atoms with van der Waals surface area (Å²) in [6.45, 7) is 0.848. The average Bonchev–Trinajstić information content (AvgIpc) is 3.10. The largest absolute Gasteiger partial charge is 0.349 e. The molecule has 1 aromatic carbocycles. The Morgan fingerprint density at radius 3 is 2.00 bits per heavy atom. The van der Waals surface area contributed by atoms with Crippen LogP contribution in [0.5, 0.6) is 0 Å². The maximum Gasteiger partial charge on any atom is 0.195 e. The molecule has 0 spiro atoms. The zero-order valence-corrected chi connectivity index (χ0v) is 15.6. The first kappa shape index (κ1) is 17.6. The highest BCUT2D eigenvalue weighted by atomic mass is 127. The molecule has 0 heterocycles. The molecule has 5 heteroatoms. The van der Waals surface area contributed by atoms with Crippen molar-refractivity contribution in [1.82, 2.24) is 9.80 Å². The highest BCUT2D eigenvalue weighted by Crippen LogP contribution is 2.48. The van der Waals surface area contributed by atoms with E-state index in [1.165, 1.54) is 18.4 Å². The molecule has 0 unspecified atom stereocenters. The predicted octanol–water partition coefficient (Wildman–Crippen LogP) is 3.47. The number of benzene rings is 1. The van der Waals surface area contributed by atoms with Crippen molar-refractivity contribution in [2.45, 2.75) is 18.3 Å². The summed E-state index contributed by atoms with van der Waals surface area (Å²) in [6, 6.07) is 8.21. The average molecular weight is 408 g/mol. The van der Waals surface area contributed by atoms with Crippen LogP contribution in [-0.4, -0.2) is 50.5 Å². The molecule has 0 saturated heterocycles. The molecular weight excluding hydrogens is 385 g/mol. The van der Waals surface area contributed by atoms with E-state index in [2.05, 4.69) is 21.9 Å². The smallest absolute Gasteiger partial charge is 0.195 e. The van der Waals surface area contributed by atoms with Gasteiger partial charge in [0, 0.05) is 38.6 Å². The molecule has 1 fully saturated rings. The van der Waals surface area contributed by atoms with Gasteiger partial charge >= 0.3 is 0 Å². The van der Waals surface area contributed by atoms with E-state index in [0.717, 1.165) is 17.5 Å². The van der Waals surface area contributed by atoms with Crippen LogP contribution in [0.1, 0.15) is 18.4 Å². The summed E-state index contributed by atoms with van der Waals surface area (Å²) in [5.41, 5.74) is 1.60. The summed E-state index contributed by atoms with van der Waals surface area (Å²) >= 11 is 5.95. The van der Waals surface area contributed by atoms with Crippen LogP contribution in [0.15, 0.2) is 29.3 Å². The fourth-order valence-electron chi connectivity index (χ4n) is 2.40. The van der Waals surface area contributed by atoms with Gasteiger partial charge in [-0.2, -0.15) is 0 Å². The second kappa shape index (κ2) is 6.98. The van der Waals surface area contributed by atoms with Gasteiger partial charge in [0.25, 0.3) is 0 Å². The number of hydrogen-bond acceptors (Lipinski definition) is 1. The van der Waals surface area contributed by atoms with Gasteiger partial charge in [-0.3, -0.25) is 4.99 Å². The molecule has 0 radical (unpaired) electrons. The molecule has 1 saturated carbocycles. The van der Waals surface area contributed by atoms with E-state index in [4.69, 9.17) is 16.6 Å². The monoisotopic (exact) mass is 407 g/mol. The molecule has 1 aliphatic carbocycles. The normalized spacial score (nSPS) is 15.1. The Bertz CT molecular complexity index is 455. The third-order valence-corrected chi connectivity index (χ3v) is 3.89. The minimum atomic E-state index is 0. The highest BCUT2D eigenvalue weighted by Gasteiger charge is 2.44. The third-order valence-electron chi connectivity index (χ3n) is 3.63. The Kier molecular flexibility index (Phi) is 6.13. The van der Waals surface area contributed by atoms with Gasteiger partial charge in [-0.15, -0.1) is 24.0 Å². The standard InChI is InChI=1S/C15H22ClN3.HI/c1-18(2)14(19(3)4)17-11-15(9-10-15)12-5-7-13(16)8-6-12;/h5-8H,9-11H2,1-4H3;1H. The van der Waals surface area contributed by atoms with Crippen molar-refractivity contribution in [3.05, 3.63) is 34.9 Å². The van der Waals surface area contributed by atoms with Crippen LogP contribution in [0, 0.1) is 0 Å². The fraction of sp³-hybridized carbons (Fsp3) is 0.533. The molecule has 0 bridgehead atoms. The lowest BCUT2D eigenvalue weighted by Crippen LogP contribution is -2.36. The van der Waals surface area contributed by atoms with Crippen molar-refractivity contribution in [2.24, 2.45) is 4.99 Å². The van der Waals surface area contributed by atoms with Crippen LogP contribution in [0.4, 0.5) is 0 Å². The Labute approximate surface area is 144 Å². The number of aliphatic imine (C=N–C) groups is 1. The van der Waals surface area contributed by atoms with Gasteiger partial charge in [0.2, 0.25) is 0 Å². The van der Waals surface area contributed by atoms with Crippen LogP contribution in [-0.2, 0) is 5.41 Å². The molecule has 1 aliphatic rings. The predicted molar refractivity (Wildman–Crippen MR) is 97.5 cm³/mol. The lowest BCUT2D eigenvalue weighted by atomic mass is 9.96. The summed E-state index contributed by atoms with van der Waals surface area (Å²) in [5, 5.41) is 0.797. The van der Waals surface area contributed by atoms with Crippen molar-refractivity contribution >= 4 is 41.5 Å².